The van der Waals surface area contributed by atoms with Crippen molar-refractivity contribution >= 4 is 42.4 Å². The zero-order chi connectivity index (χ0) is 22.8. The molecule has 2 aromatic carbocycles. The Morgan fingerprint density at radius 1 is 1.13 bits per heavy atom. The first-order valence-electron chi connectivity index (χ1n) is 9.83. The Kier molecular flexibility index (Phi) is 6.98. The van der Waals surface area contributed by atoms with Crippen LogP contribution in [-0.2, 0) is 9.84 Å². The molecule has 0 atom stereocenters. The van der Waals surface area contributed by atoms with Crippen molar-refractivity contribution in [3.63, 3.8) is 0 Å². The standard InChI is InChI=1S/C22H27N3O4S2/c1-15-11-12-17(29-4)19-20(15)30-22(23-19)25(14-8-13-24(2)3)21(26)16-9-6-7-10-18(16)31(5,27)28/h6-7,9-12H,8,13-14H2,1-5H3. The van der Waals surface area contributed by atoms with Crippen molar-refractivity contribution in [1.29, 1.82) is 0 Å². The summed E-state index contributed by atoms with van der Waals surface area (Å²) in [7, 11) is 1.96. The van der Waals surface area contributed by atoms with E-state index in [2.05, 4.69) is 0 Å². The van der Waals surface area contributed by atoms with E-state index < -0.39 is 9.84 Å². The number of carbonyl (C=O) groups excluding carboxylic acids is 1. The van der Waals surface area contributed by atoms with E-state index >= 15 is 0 Å². The molecule has 0 fully saturated rings. The largest absolute Gasteiger partial charge is 0.494 e. The van der Waals surface area contributed by atoms with Crippen LogP contribution in [-0.4, -0.2) is 64.8 Å². The monoisotopic (exact) mass is 461 g/mol. The highest BCUT2D eigenvalue weighted by molar-refractivity contribution is 7.90. The van der Waals surface area contributed by atoms with Crippen molar-refractivity contribution < 1.29 is 17.9 Å². The zero-order valence-electron chi connectivity index (χ0n) is 18.4. The van der Waals surface area contributed by atoms with Crippen LogP contribution in [0.2, 0.25) is 0 Å². The van der Waals surface area contributed by atoms with E-state index in [0.29, 0.717) is 29.4 Å². The van der Waals surface area contributed by atoms with Gasteiger partial charge in [-0.05, 0) is 57.7 Å². The first-order chi connectivity index (χ1) is 14.6. The fourth-order valence-corrected chi connectivity index (χ4v) is 5.28. The van der Waals surface area contributed by atoms with E-state index in [4.69, 9.17) is 9.72 Å². The van der Waals surface area contributed by atoms with Crippen LogP contribution in [0.5, 0.6) is 5.75 Å². The Morgan fingerprint density at radius 3 is 2.48 bits per heavy atom. The van der Waals surface area contributed by atoms with Crippen molar-refractivity contribution in [1.82, 2.24) is 9.88 Å². The third kappa shape index (κ3) is 5.06. The third-order valence-electron chi connectivity index (χ3n) is 4.89. The van der Waals surface area contributed by atoms with E-state index in [1.54, 1.807) is 30.2 Å². The molecule has 0 unspecified atom stereocenters. The molecule has 0 aliphatic carbocycles. The highest BCUT2D eigenvalue weighted by Gasteiger charge is 2.26. The van der Waals surface area contributed by atoms with Gasteiger partial charge in [0.1, 0.15) is 11.3 Å². The molecule has 0 saturated carbocycles. The van der Waals surface area contributed by atoms with Gasteiger partial charge in [-0.3, -0.25) is 9.69 Å². The number of aromatic nitrogens is 1. The van der Waals surface area contributed by atoms with Crippen molar-refractivity contribution in [2.75, 3.05) is 45.5 Å². The molecular weight excluding hydrogens is 434 g/mol. The van der Waals surface area contributed by atoms with Crippen LogP contribution in [0.1, 0.15) is 22.3 Å². The first-order valence-corrected chi connectivity index (χ1v) is 12.5. The predicted molar refractivity (Wildman–Crippen MR) is 125 cm³/mol. The molecule has 166 valence electrons. The molecule has 0 aliphatic heterocycles. The van der Waals surface area contributed by atoms with Gasteiger partial charge in [-0.15, -0.1) is 0 Å². The topological polar surface area (TPSA) is 79.8 Å². The molecule has 3 aromatic rings. The van der Waals surface area contributed by atoms with Gasteiger partial charge in [0, 0.05) is 12.8 Å². The van der Waals surface area contributed by atoms with Gasteiger partial charge in [0.05, 0.1) is 22.3 Å². The van der Waals surface area contributed by atoms with Gasteiger partial charge in [-0.2, -0.15) is 0 Å². The van der Waals surface area contributed by atoms with Gasteiger partial charge in [0.2, 0.25) is 0 Å². The van der Waals surface area contributed by atoms with Crippen LogP contribution in [0.3, 0.4) is 0 Å². The summed E-state index contributed by atoms with van der Waals surface area (Å²) >= 11 is 1.41. The number of carbonyl (C=O) groups is 1. The van der Waals surface area contributed by atoms with Crippen molar-refractivity contribution in [3.05, 3.63) is 47.5 Å². The number of fused-ring (bicyclic) bond motifs is 1. The summed E-state index contributed by atoms with van der Waals surface area (Å²) in [6.45, 7) is 3.18. The van der Waals surface area contributed by atoms with E-state index in [-0.39, 0.29) is 16.4 Å². The molecule has 3 rings (SSSR count). The van der Waals surface area contributed by atoms with Crippen LogP contribution in [0.15, 0.2) is 41.3 Å². The lowest BCUT2D eigenvalue weighted by Gasteiger charge is -2.22. The maximum absolute atomic E-state index is 13.6. The van der Waals surface area contributed by atoms with Gasteiger partial charge < -0.3 is 9.64 Å². The van der Waals surface area contributed by atoms with E-state index in [0.717, 1.165) is 23.1 Å². The molecule has 9 heteroatoms. The average molecular weight is 462 g/mol. The summed E-state index contributed by atoms with van der Waals surface area (Å²) in [6, 6.07) is 10.1. The molecule has 1 amide bonds. The molecule has 0 radical (unpaired) electrons. The van der Waals surface area contributed by atoms with Crippen LogP contribution < -0.4 is 9.64 Å². The molecule has 0 saturated heterocycles. The van der Waals surface area contributed by atoms with Crippen molar-refractivity contribution in [2.45, 2.75) is 18.2 Å². The normalized spacial score (nSPS) is 11.8. The highest BCUT2D eigenvalue weighted by atomic mass is 32.2. The minimum Gasteiger partial charge on any atom is -0.494 e. The average Bonchev–Trinajstić information content (AvgIpc) is 3.16. The summed E-state index contributed by atoms with van der Waals surface area (Å²) in [5, 5.41) is 0.523. The number of anilines is 1. The SMILES string of the molecule is COc1ccc(C)c2sc(N(CCCN(C)C)C(=O)c3ccccc3S(C)(=O)=O)nc12. The molecule has 1 heterocycles. The van der Waals surface area contributed by atoms with Gasteiger partial charge in [0.25, 0.3) is 5.91 Å². The molecule has 0 bridgehead atoms. The number of ether oxygens (including phenoxy) is 1. The predicted octanol–water partition coefficient (Wildman–Crippen LogP) is 3.62. The van der Waals surface area contributed by atoms with Crippen molar-refractivity contribution in [2.24, 2.45) is 0 Å². The number of amides is 1. The quantitative estimate of drug-likeness (QED) is 0.510. The van der Waals surface area contributed by atoms with E-state index in [1.165, 1.54) is 17.4 Å². The number of hydrogen-bond donors (Lipinski definition) is 0. The summed E-state index contributed by atoms with van der Waals surface area (Å²) in [6.07, 6.45) is 1.83. The highest BCUT2D eigenvalue weighted by Crippen LogP contribution is 2.37. The lowest BCUT2D eigenvalue weighted by Crippen LogP contribution is -2.34. The summed E-state index contributed by atoms with van der Waals surface area (Å²) < 4.78 is 31.0. The van der Waals surface area contributed by atoms with Gasteiger partial charge in [0.15, 0.2) is 15.0 Å². The number of thiazole rings is 1. The smallest absolute Gasteiger partial charge is 0.261 e. The van der Waals surface area contributed by atoms with Crippen LogP contribution in [0.25, 0.3) is 10.2 Å². The summed E-state index contributed by atoms with van der Waals surface area (Å²) in [5.74, 6) is 0.260. The Hall–Kier alpha value is -2.49. The fraction of sp³-hybridized carbons (Fsp3) is 0.364. The Labute approximate surface area is 187 Å². The fourth-order valence-electron chi connectivity index (χ4n) is 3.32. The summed E-state index contributed by atoms with van der Waals surface area (Å²) in [5.41, 5.74) is 1.89. The second-order valence-electron chi connectivity index (χ2n) is 7.64. The van der Waals surface area contributed by atoms with E-state index in [1.807, 2.05) is 38.1 Å². The molecule has 31 heavy (non-hydrogen) atoms. The second-order valence-corrected chi connectivity index (χ2v) is 10.6. The lowest BCUT2D eigenvalue weighted by atomic mass is 10.2. The number of aryl methyl sites for hydroxylation is 1. The number of benzene rings is 2. The minimum absolute atomic E-state index is 0.0208. The Morgan fingerprint density at radius 2 is 1.84 bits per heavy atom. The number of rotatable bonds is 8. The molecule has 0 spiro atoms. The maximum atomic E-state index is 13.6. The number of hydrogen-bond acceptors (Lipinski definition) is 7. The van der Waals surface area contributed by atoms with Gasteiger partial charge >= 0.3 is 0 Å². The maximum Gasteiger partial charge on any atom is 0.261 e. The zero-order valence-corrected chi connectivity index (χ0v) is 20.0. The molecule has 7 nitrogen and oxygen atoms in total. The van der Waals surface area contributed by atoms with E-state index in [9.17, 15) is 13.2 Å². The second kappa shape index (κ2) is 9.33. The lowest BCUT2D eigenvalue weighted by molar-refractivity contribution is 0.0983. The summed E-state index contributed by atoms with van der Waals surface area (Å²) in [4.78, 5) is 21.9. The van der Waals surface area contributed by atoms with Gasteiger partial charge in [-0.1, -0.05) is 29.5 Å². The number of nitrogens with zero attached hydrogens (tertiary/aromatic N) is 3. The Balaban J connectivity index is 2.11. The molecule has 0 aliphatic rings. The minimum atomic E-state index is -3.56. The molecule has 0 N–H and O–H groups in total. The van der Waals surface area contributed by atoms with Crippen LogP contribution in [0.4, 0.5) is 5.13 Å². The third-order valence-corrected chi connectivity index (χ3v) is 7.26. The van der Waals surface area contributed by atoms with Crippen molar-refractivity contribution in [3.8, 4) is 5.75 Å². The van der Waals surface area contributed by atoms with Crippen LogP contribution in [0, 0.1) is 6.92 Å². The van der Waals surface area contributed by atoms with Gasteiger partial charge in [-0.25, -0.2) is 13.4 Å². The molecular formula is C22H27N3O4S2. The Bertz CT molecular complexity index is 1200. The molecule has 1 aromatic heterocycles. The van der Waals surface area contributed by atoms with Crippen LogP contribution >= 0.6 is 11.3 Å². The first kappa shape index (κ1) is 23.2. The number of sulfone groups is 1. The number of methoxy groups -OCH3 is 1.